The highest BCUT2D eigenvalue weighted by Gasteiger charge is 2.32. The third-order valence-corrected chi connectivity index (χ3v) is 3.48. The standard InChI is InChI=1S/C12H20N2O2/c1-2-14-9-11(8-13-14)7-12(10-15)3-5-16-6-4-12/h8-9,15H,2-7,10H2,1H3. The predicted molar refractivity (Wildman–Crippen MR) is 61.2 cm³/mol. The first-order valence-electron chi connectivity index (χ1n) is 5.98. The summed E-state index contributed by atoms with van der Waals surface area (Å²) in [4.78, 5) is 0. The molecule has 4 heteroatoms. The predicted octanol–water partition coefficient (Wildman–Crippen LogP) is 1.23. The molecule has 0 amide bonds. The van der Waals surface area contributed by atoms with Gasteiger partial charge in [-0.25, -0.2) is 0 Å². The van der Waals surface area contributed by atoms with E-state index >= 15 is 0 Å². The normalized spacial score (nSPS) is 19.9. The van der Waals surface area contributed by atoms with Gasteiger partial charge >= 0.3 is 0 Å². The number of rotatable bonds is 4. The number of hydrogen-bond donors (Lipinski definition) is 1. The summed E-state index contributed by atoms with van der Waals surface area (Å²) in [5.41, 5.74) is 1.23. The van der Waals surface area contributed by atoms with Gasteiger partial charge in [-0.15, -0.1) is 0 Å². The van der Waals surface area contributed by atoms with Crippen LogP contribution in [0.3, 0.4) is 0 Å². The summed E-state index contributed by atoms with van der Waals surface area (Å²) in [7, 11) is 0. The lowest BCUT2D eigenvalue weighted by molar-refractivity contribution is -0.0157. The molecule has 0 bridgehead atoms. The third-order valence-electron chi connectivity index (χ3n) is 3.48. The molecule has 1 N–H and O–H groups in total. The minimum absolute atomic E-state index is 0.0137. The molecule has 0 spiro atoms. The minimum atomic E-state index is 0.0137. The Hall–Kier alpha value is -0.870. The SMILES string of the molecule is CCn1cc(CC2(CO)CCOCC2)cn1. The van der Waals surface area contributed by atoms with Crippen molar-refractivity contribution in [2.75, 3.05) is 19.8 Å². The lowest BCUT2D eigenvalue weighted by Crippen LogP contribution is -2.35. The number of hydrogen-bond acceptors (Lipinski definition) is 3. The van der Waals surface area contributed by atoms with Crippen LogP contribution in [0.2, 0.25) is 0 Å². The van der Waals surface area contributed by atoms with Gasteiger partial charge in [-0.05, 0) is 31.7 Å². The molecule has 1 aromatic rings. The molecule has 1 aliphatic heterocycles. The number of nitrogens with zero attached hydrogens (tertiary/aromatic N) is 2. The highest BCUT2D eigenvalue weighted by atomic mass is 16.5. The summed E-state index contributed by atoms with van der Waals surface area (Å²) >= 11 is 0. The van der Waals surface area contributed by atoms with E-state index in [1.807, 2.05) is 10.9 Å². The van der Waals surface area contributed by atoms with Gasteiger partial charge < -0.3 is 9.84 Å². The van der Waals surface area contributed by atoms with Crippen LogP contribution < -0.4 is 0 Å². The zero-order valence-electron chi connectivity index (χ0n) is 9.85. The quantitative estimate of drug-likeness (QED) is 0.837. The Bertz CT molecular complexity index is 330. The van der Waals surface area contributed by atoms with Crippen molar-refractivity contribution in [1.82, 2.24) is 9.78 Å². The maximum Gasteiger partial charge on any atom is 0.0521 e. The summed E-state index contributed by atoms with van der Waals surface area (Å²) in [6.07, 6.45) is 6.79. The number of aromatic nitrogens is 2. The van der Waals surface area contributed by atoms with Crippen LogP contribution in [0, 0.1) is 5.41 Å². The fraction of sp³-hybridized carbons (Fsp3) is 0.750. The van der Waals surface area contributed by atoms with E-state index in [9.17, 15) is 5.11 Å². The van der Waals surface area contributed by atoms with Gasteiger partial charge in [-0.2, -0.15) is 5.10 Å². The number of ether oxygens (including phenoxy) is 1. The van der Waals surface area contributed by atoms with Gasteiger partial charge in [0.25, 0.3) is 0 Å². The van der Waals surface area contributed by atoms with E-state index in [0.29, 0.717) is 0 Å². The van der Waals surface area contributed by atoms with Gasteiger partial charge in [0, 0.05) is 38.0 Å². The zero-order chi connectivity index (χ0) is 11.4. The zero-order valence-corrected chi connectivity index (χ0v) is 9.85. The minimum Gasteiger partial charge on any atom is -0.396 e. The van der Waals surface area contributed by atoms with Crippen LogP contribution in [0.15, 0.2) is 12.4 Å². The fourth-order valence-electron chi connectivity index (χ4n) is 2.30. The summed E-state index contributed by atoms with van der Waals surface area (Å²) < 4.78 is 7.29. The summed E-state index contributed by atoms with van der Waals surface area (Å²) in [5.74, 6) is 0. The lowest BCUT2D eigenvalue weighted by atomic mass is 9.76. The van der Waals surface area contributed by atoms with Gasteiger partial charge in [-0.3, -0.25) is 4.68 Å². The van der Waals surface area contributed by atoms with Crippen molar-refractivity contribution in [3.63, 3.8) is 0 Å². The molecule has 0 saturated carbocycles. The molecule has 1 saturated heterocycles. The Morgan fingerprint density at radius 3 is 2.81 bits per heavy atom. The molecule has 0 radical (unpaired) electrons. The Morgan fingerprint density at radius 2 is 2.25 bits per heavy atom. The fourth-order valence-corrected chi connectivity index (χ4v) is 2.30. The first-order valence-corrected chi connectivity index (χ1v) is 5.98. The molecule has 0 aliphatic carbocycles. The molecule has 0 atom stereocenters. The lowest BCUT2D eigenvalue weighted by Gasteiger charge is -2.35. The Labute approximate surface area is 96.2 Å². The van der Waals surface area contributed by atoms with Gasteiger partial charge in [-0.1, -0.05) is 0 Å². The van der Waals surface area contributed by atoms with Crippen LogP contribution in [0.25, 0.3) is 0 Å². The molecule has 16 heavy (non-hydrogen) atoms. The monoisotopic (exact) mass is 224 g/mol. The van der Waals surface area contributed by atoms with Gasteiger partial charge in [0.1, 0.15) is 0 Å². The Kier molecular flexibility index (Phi) is 3.61. The van der Waals surface area contributed by atoms with E-state index in [1.165, 1.54) is 5.56 Å². The molecule has 90 valence electrons. The van der Waals surface area contributed by atoms with Crippen LogP contribution in [0.5, 0.6) is 0 Å². The van der Waals surface area contributed by atoms with Crippen LogP contribution in [0.4, 0.5) is 0 Å². The number of aliphatic hydroxyl groups excluding tert-OH is 1. The molecule has 1 aliphatic rings. The smallest absolute Gasteiger partial charge is 0.0521 e. The van der Waals surface area contributed by atoms with Crippen LogP contribution in [-0.4, -0.2) is 34.7 Å². The molecule has 2 heterocycles. The molecule has 2 rings (SSSR count). The Morgan fingerprint density at radius 1 is 1.50 bits per heavy atom. The maximum absolute atomic E-state index is 9.58. The first-order chi connectivity index (χ1) is 7.78. The van der Waals surface area contributed by atoms with Crippen molar-refractivity contribution in [3.8, 4) is 0 Å². The third kappa shape index (κ3) is 2.44. The molecular formula is C12H20N2O2. The second kappa shape index (κ2) is 4.97. The number of aryl methyl sites for hydroxylation is 1. The van der Waals surface area contributed by atoms with Crippen molar-refractivity contribution in [3.05, 3.63) is 18.0 Å². The van der Waals surface area contributed by atoms with E-state index in [0.717, 1.165) is 39.0 Å². The van der Waals surface area contributed by atoms with Gasteiger partial charge in [0.15, 0.2) is 0 Å². The Balaban J connectivity index is 2.05. The van der Waals surface area contributed by atoms with Crippen molar-refractivity contribution < 1.29 is 9.84 Å². The van der Waals surface area contributed by atoms with Gasteiger partial charge in [0.05, 0.1) is 6.20 Å². The topological polar surface area (TPSA) is 47.3 Å². The molecule has 1 fully saturated rings. The summed E-state index contributed by atoms with van der Waals surface area (Å²) in [6.45, 7) is 4.75. The summed E-state index contributed by atoms with van der Waals surface area (Å²) in [5, 5.41) is 13.9. The maximum atomic E-state index is 9.58. The van der Waals surface area contributed by atoms with Crippen molar-refractivity contribution in [2.24, 2.45) is 5.41 Å². The van der Waals surface area contributed by atoms with Crippen LogP contribution in [-0.2, 0) is 17.7 Å². The van der Waals surface area contributed by atoms with Crippen molar-refractivity contribution in [2.45, 2.75) is 32.7 Å². The molecule has 4 nitrogen and oxygen atoms in total. The second-order valence-corrected chi connectivity index (χ2v) is 4.65. The second-order valence-electron chi connectivity index (χ2n) is 4.65. The first kappa shape index (κ1) is 11.6. The molecular weight excluding hydrogens is 204 g/mol. The van der Waals surface area contributed by atoms with E-state index in [1.54, 1.807) is 0 Å². The number of aliphatic hydroxyl groups is 1. The molecule has 0 aromatic carbocycles. The average molecular weight is 224 g/mol. The molecule has 1 aromatic heterocycles. The van der Waals surface area contributed by atoms with Crippen molar-refractivity contribution >= 4 is 0 Å². The van der Waals surface area contributed by atoms with Crippen molar-refractivity contribution in [1.29, 1.82) is 0 Å². The van der Waals surface area contributed by atoms with E-state index < -0.39 is 0 Å². The molecule has 0 unspecified atom stereocenters. The van der Waals surface area contributed by atoms with E-state index in [2.05, 4.69) is 18.2 Å². The average Bonchev–Trinajstić information content (AvgIpc) is 2.78. The summed E-state index contributed by atoms with van der Waals surface area (Å²) in [6, 6.07) is 0. The van der Waals surface area contributed by atoms with E-state index in [4.69, 9.17) is 4.74 Å². The van der Waals surface area contributed by atoms with E-state index in [-0.39, 0.29) is 12.0 Å². The van der Waals surface area contributed by atoms with Crippen LogP contribution >= 0.6 is 0 Å². The highest BCUT2D eigenvalue weighted by Crippen LogP contribution is 2.33. The largest absolute Gasteiger partial charge is 0.396 e. The van der Waals surface area contributed by atoms with Gasteiger partial charge in [0.2, 0.25) is 0 Å². The highest BCUT2D eigenvalue weighted by molar-refractivity contribution is 5.08. The van der Waals surface area contributed by atoms with Crippen LogP contribution in [0.1, 0.15) is 25.3 Å².